The van der Waals surface area contributed by atoms with E-state index >= 15 is 0 Å². The Kier molecular flexibility index (Phi) is 4.72. The third kappa shape index (κ3) is 3.42. The summed E-state index contributed by atoms with van der Waals surface area (Å²) in [6.45, 7) is 0. The van der Waals surface area contributed by atoms with Crippen LogP contribution in [0.4, 0.5) is 5.82 Å². The third-order valence-corrected chi connectivity index (χ3v) is 8.29. The van der Waals surface area contributed by atoms with Crippen LogP contribution in [-0.4, -0.2) is 19.5 Å². The Morgan fingerprint density at radius 3 is 2.81 bits per heavy atom. The van der Waals surface area contributed by atoms with Gasteiger partial charge in [0.25, 0.3) is 5.56 Å². The molecule has 3 aromatic heterocycles. The quantitative estimate of drug-likeness (QED) is 0.271. The Bertz CT molecular complexity index is 1370. The van der Waals surface area contributed by atoms with Gasteiger partial charge in [0.1, 0.15) is 16.5 Å². The Morgan fingerprint density at radius 1 is 1.10 bits per heavy atom. The number of nitrogens with zero attached hydrogens (tertiary/aromatic N) is 4. The van der Waals surface area contributed by atoms with Gasteiger partial charge in [-0.2, -0.15) is 0 Å². The molecule has 0 radical (unpaired) electrons. The van der Waals surface area contributed by atoms with Gasteiger partial charge in [0.2, 0.25) is 0 Å². The van der Waals surface area contributed by atoms with Crippen molar-refractivity contribution in [1.82, 2.24) is 19.5 Å². The summed E-state index contributed by atoms with van der Waals surface area (Å²) in [4.78, 5) is 29.8. The predicted molar refractivity (Wildman–Crippen MR) is 127 cm³/mol. The van der Waals surface area contributed by atoms with Crippen molar-refractivity contribution < 1.29 is 0 Å². The van der Waals surface area contributed by atoms with Gasteiger partial charge in [0, 0.05) is 10.9 Å². The maximum atomic E-state index is 13.1. The number of rotatable bonds is 4. The van der Waals surface area contributed by atoms with Crippen molar-refractivity contribution in [3.8, 4) is 0 Å². The first kappa shape index (κ1) is 19.3. The number of aryl methyl sites for hydroxylation is 2. The van der Waals surface area contributed by atoms with Crippen molar-refractivity contribution in [2.24, 2.45) is 0 Å². The zero-order valence-corrected chi connectivity index (χ0v) is 18.8. The van der Waals surface area contributed by atoms with E-state index in [-0.39, 0.29) is 11.6 Å². The van der Waals surface area contributed by atoms with E-state index in [2.05, 4.69) is 4.98 Å². The Labute approximate surface area is 187 Å². The number of nitrogen functional groups attached to an aromatic ring is 1. The van der Waals surface area contributed by atoms with E-state index in [1.54, 1.807) is 11.3 Å². The molecule has 1 fully saturated rings. The first-order chi connectivity index (χ1) is 15.2. The molecule has 4 aromatic rings. The summed E-state index contributed by atoms with van der Waals surface area (Å²) in [5.74, 6) is 1.84. The second-order valence-electron chi connectivity index (χ2n) is 8.38. The second-order valence-corrected chi connectivity index (χ2v) is 10.4. The van der Waals surface area contributed by atoms with Crippen molar-refractivity contribution in [2.45, 2.75) is 61.9 Å². The number of aromatic nitrogens is 4. The summed E-state index contributed by atoms with van der Waals surface area (Å²) in [5, 5.41) is 2.49. The van der Waals surface area contributed by atoms with Crippen LogP contribution in [0, 0.1) is 0 Å². The number of benzene rings is 1. The summed E-state index contributed by atoms with van der Waals surface area (Å²) in [6, 6.07) is 7.83. The second kappa shape index (κ2) is 7.60. The molecular formula is C23H23N5OS2. The number of fused-ring (bicyclic) bond motifs is 4. The average molecular weight is 450 g/mol. The summed E-state index contributed by atoms with van der Waals surface area (Å²) in [6.07, 6.45) is 7.98. The summed E-state index contributed by atoms with van der Waals surface area (Å²) in [5.41, 5.74) is 8.57. The lowest BCUT2D eigenvalue weighted by Gasteiger charge is -2.12. The molecule has 2 aliphatic rings. The van der Waals surface area contributed by atoms with Gasteiger partial charge in [-0.15, -0.1) is 11.3 Å². The predicted octanol–water partition coefficient (Wildman–Crippen LogP) is 4.88. The number of nitrogens with two attached hydrogens (primary N) is 1. The third-order valence-electron chi connectivity index (χ3n) is 6.16. The first-order valence-corrected chi connectivity index (χ1v) is 12.7. The molecule has 0 saturated heterocycles. The van der Waals surface area contributed by atoms with Gasteiger partial charge >= 0.3 is 0 Å². The van der Waals surface area contributed by atoms with E-state index in [0.717, 1.165) is 46.6 Å². The largest absolute Gasteiger partial charge is 0.383 e. The summed E-state index contributed by atoms with van der Waals surface area (Å²) >= 11 is 3.30. The first-order valence-electron chi connectivity index (χ1n) is 10.9. The molecule has 0 aliphatic heterocycles. The molecule has 0 spiro atoms. The highest BCUT2D eigenvalue weighted by atomic mass is 32.2. The Balaban J connectivity index is 1.36. The van der Waals surface area contributed by atoms with E-state index in [4.69, 9.17) is 15.7 Å². The van der Waals surface area contributed by atoms with Gasteiger partial charge in [0.15, 0.2) is 5.16 Å². The van der Waals surface area contributed by atoms with Crippen LogP contribution in [0.3, 0.4) is 0 Å². The fourth-order valence-electron chi connectivity index (χ4n) is 4.48. The van der Waals surface area contributed by atoms with E-state index in [9.17, 15) is 4.79 Å². The molecule has 1 saturated carbocycles. The number of para-hydroxylation sites is 1. The highest BCUT2D eigenvalue weighted by molar-refractivity contribution is 7.98. The smallest absolute Gasteiger partial charge is 0.262 e. The fraction of sp³-hybridized carbons (Fsp3) is 0.391. The molecule has 0 unspecified atom stereocenters. The van der Waals surface area contributed by atoms with E-state index in [0.29, 0.717) is 22.8 Å². The molecule has 6 rings (SSSR count). The highest BCUT2D eigenvalue weighted by Crippen LogP contribution is 2.39. The van der Waals surface area contributed by atoms with Gasteiger partial charge in [-0.3, -0.25) is 9.36 Å². The molecule has 31 heavy (non-hydrogen) atoms. The SMILES string of the molecule is Nc1nc(CSc2nc3ccccc3c(=O)n2C2CC2)nc2sc3c(c12)CCCCC3. The van der Waals surface area contributed by atoms with Crippen molar-refractivity contribution >= 4 is 50.0 Å². The molecule has 2 aliphatic carbocycles. The van der Waals surface area contributed by atoms with E-state index in [1.807, 2.05) is 28.8 Å². The lowest BCUT2D eigenvalue weighted by Crippen LogP contribution is -2.22. The Morgan fingerprint density at radius 2 is 1.94 bits per heavy atom. The Hall–Kier alpha value is -2.45. The molecular weight excluding hydrogens is 426 g/mol. The van der Waals surface area contributed by atoms with Crippen LogP contribution < -0.4 is 11.3 Å². The summed E-state index contributed by atoms with van der Waals surface area (Å²) in [7, 11) is 0. The van der Waals surface area contributed by atoms with E-state index in [1.165, 1.54) is 41.5 Å². The van der Waals surface area contributed by atoms with Crippen LogP contribution in [0.5, 0.6) is 0 Å². The summed E-state index contributed by atoms with van der Waals surface area (Å²) < 4.78 is 1.86. The molecule has 3 heterocycles. The molecule has 158 valence electrons. The number of thiophene rings is 1. The van der Waals surface area contributed by atoms with Gasteiger partial charge in [-0.25, -0.2) is 15.0 Å². The van der Waals surface area contributed by atoms with E-state index < -0.39 is 0 Å². The van der Waals surface area contributed by atoms with Gasteiger partial charge in [0.05, 0.1) is 22.0 Å². The molecule has 6 nitrogen and oxygen atoms in total. The van der Waals surface area contributed by atoms with Crippen LogP contribution in [0.1, 0.15) is 54.4 Å². The maximum absolute atomic E-state index is 13.1. The highest BCUT2D eigenvalue weighted by Gasteiger charge is 2.29. The minimum atomic E-state index is 0.0495. The van der Waals surface area contributed by atoms with Crippen molar-refractivity contribution in [3.63, 3.8) is 0 Å². The van der Waals surface area contributed by atoms with Crippen molar-refractivity contribution in [3.05, 3.63) is 50.9 Å². The number of hydrogen-bond donors (Lipinski definition) is 1. The molecule has 0 amide bonds. The zero-order valence-electron chi connectivity index (χ0n) is 17.1. The van der Waals surface area contributed by atoms with Crippen LogP contribution >= 0.6 is 23.1 Å². The average Bonchev–Trinajstić information content (AvgIpc) is 3.57. The van der Waals surface area contributed by atoms with Gasteiger partial charge in [-0.1, -0.05) is 30.3 Å². The topological polar surface area (TPSA) is 86.7 Å². The zero-order chi connectivity index (χ0) is 20.9. The molecule has 1 aromatic carbocycles. The van der Waals surface area contributed by atoms with Crippen LogP contribution in [-0.2, 0) is 18.6 Å². The van der Waals surface area contributed by atoms with Crippen molar-refractivity contribution in [1.29, 1.82) is 0 Å². The minimum absolute atomic E-state index is 0.0495. The van der Waals surface area contributed by atoms with Crippen LogP contribution in [0.15, 0.2) is 34.2 Å². The lowest BCUT2D eigenvalue weighted by atomic mass is 10.1. The van der Waals surface area contributed by atoms with Gasteiger partial charge < -0.3 is 5.73 Å². The number of thioether (sulfide) groups is 1. The van der Waals surface area contributed by atoms with Crippen molar-refractivity contribution in [2.75, 3.05) is 5.73 Å². The minimum Gasteiger partial charge on any atom is -0.383 e. The number of hydrogen-bond acceptors (Lipinski definition) is 7. The monoisotopic (exact) mass is 449 g/mol. The molecule has 0 atom stereocenters. The van der Waals surface area contributed by atoms with Crippen LogP contribution in [0.2, 0.25) is 0 Å². The fourth-order valence-corrected chi connectivity index (χ4v) is 6.69. The normalized spacial score (nSPS) is 16.5. The maximum Gasteiger partial charge on any atom is 0.262 e. The lowest BCUT2D eigenvalue weighted by molar-refractivity contribution is 0.617. The van der Waals surface area contributed by atoms with Crippen LogP contribution in [0.25, 0.3) is 21.1 Å². The standard InChI is InChI=1S/C23H23N5OS2/c24-20-19-15-7-2-1-3-9-17(15)31-21(19)27-18(26-20)12-30-23-25-16-8-5-4-6-14(16)22(29)28(23)13-10-11-13/h4-6,8,13H,1-3,7,9-12H2,(H2,24,26,27). The molecule has 2 N–H and O–H groups in total. The number of anilines is 1. The molecule has 0 bridgehead atoms. The molecule has 8 heteroatoms. The van der Waals surface area contributed by atoms with Gasteiger partial charge in [-0.05, 0) is 56.2 Å².